The Balaban J connectivity index is 2.46. The van der Waals surface area contributed by atoms with Gasteiger partial charge in [0.15, 0.2) is 0 Å². The van der Waals surface area contributed by atoms with Crippen LogP contribution in [0.3, 0.4) is 0 Å². The Hall–Kier alpha value is -0.650. The number of piperazine rings is 1. The molecule has 1 aliphatic heterocycles. The molecule has 1 aliphatic rings. The molecule has 1 amide bonds. The number of carbonyl (C=O) groups excluding carboxylic acids is 1. The molecule has 0 aromatic heterocycles. The first-order valence-corrected chi connectivity index (χ1v) is 7.36. The Morgan fingerprint density at radius 2 is 2.16 bits per heavy atom. The van der Waals surface area contributed by atoms with E-state index in [0.717, 1.165) is 45.6 Å². The van der Waals surface area contributed by atoms with Crippen LogP contribution < -0.4 is 11.1 Å². The Labute approximate surface area is 117 Å². The maximum atomic E-state index is 11.6. The van der Waals surface area contributed by atoms with Crippen LogP contribution in [0.5, 0.6) is 0 Å². The molecule has 2 unspecified atom stereocenters. The van der Waals surface area contributed by atoms with E-state index in [1.165, 1.54) is 0 Å². The number of rotatable bonds is 7. The molecule has 1 rings (SSSR count). The van der Waals surface area contributed by atoms with Crippen molar-refractivity contribution in [3.8, 4) is 0 Å². The van der Waals surface area contributed by atoms with Gasteiger partial charge in [-0.25, -0.2) is 0 Å². The van der Waals surface area contributed by atoms with Crippen LogP contribution in [0.15, 0.2) is 0 Å². The molecular weight excluding hydrogens is 240 g/mol. The minimum absolute atomic E-state index is 0.247. The molecule has 0 radical (unpaired) electrons. The van der Waals surface area contributed by atoms with E-state index < -0.39 is 5.54 Å². The minimum Gasteiger partial charge on any atom is -0.368 e. The highest BCUT2D eigenvalue weighted by Crippen LogP contribution is 2.13. The molecule has 5 nitrogen and oxygen atoms in total. The average Bonchev–Trinajstić information content (AvgIpc) is 2.37. The maximum absolute atomic E-state index is 11.6. The maximum Gasteiger partial charge on any atom is 0.237 e. The summed E-state index contributed by atoms with van der Waals surface area (Å²) in [7, 11) is 2.17. The number of carbonyl (C=O) groups is 1. The second-order valence-corrected chi connectivity index (χ2v) is 6.00. The number of nitrogens with two attached hydrogens (primary N) is 1. The molecule has 1 fully saturated rings. The van der Waals surface area contributed by atoms with Gasteiger partial charge >= 0.3 is 0 Å². The fourth-order valence-corrected chi connectivity index (χ4v) is 2.41. The van der Waals surface area contributed by atoms with Gasteiger partial charge < -0.3 is 20.9 Å². The van der Waals surface area contributed by atoms with Crippen molar-refractivity contribution in [2.45, 2.75) is 45.2 Å². The molecule has 5 heteroatoms. The van der Waals surface area contributed by atoms with Gasteiger partial charge in [-0.1, -0.05) is 6.92 Å². The average molecular weight is 270 g/mol. The second kappa shape index (κ2) is 7.22. The summed E-state index contributed by atoms with van der Waals surface area (Å²) in [6, 6.07) is 0.581. The van der Waals surface area contributed by atoms with Crippen molar-refractivity contribution in [2.24, 2.45) is 5.73 Å². The summed E-state index contributed by atoms with van der Waals surface area (Å²) in [6.45, 7) is 11.3. The normalized spacial score (nSPS) is 25.2. The predicted octanol–water partition coefficient (Wildman–Crippen LogP) is 0.256. The van der Waals surface area contributed by atoms with Gasteiger partial charge in [0.1, 0.15) is 0 Å². The molecule has 0 aliphatic carbocycles. The lowest BCUT2D eigenvalue weighted by Gasteiger charge is -2.39. The van der Waals surface area contributed by atoms with Crippen LogP contribution in [0.1, 0.15) is 33.6 Å². The lowest BCUT2D eigenvalue weighted by Crippen LogP contribution is -2.56. The van der Waals surface area contributed by atoms with Crippen molar-refractivity contribution >= 4 is 5.91 Å². The standard InChI is InChI=1S/C14H30N4O/c1-5-7-16-14(3,13(15)19)6-8-18-10-9-17(4)12(2)11-18/h12,16H,5-11H2,1-4H3,(H2,15,19). The molecule has 0 bridgehead atoms. The van der Waals surface area contributed by atoms with Crippen LogP contribution in [0.2, 0.25) is 0 Å². The lowest BCUT2D eigenvalue weighted by atomic mass is 9.96. The summed E-state index contributed by atoms with van der Waals surface area (Å²) < 4.78 is 0. The van der Waals surface area contributed by atoms with Gasteiger partial charge in [0.05, 0.1) is 5.54 Å². The van der Waals surface area contributed by atoms with E-state index in [0.29, 0.717) is 6.04 Å². The highest BCUT2D eigenvalue weighted by molar-refractivity contribution is 5.84. The third kappa shape index (κ3) is 4.75. The molecular formula is C14H30N4O. The van der Waals surface area contributed by atoms with Gasteiger partial charge in [-0.2, -0.15) is 0 Å². The Kier molecular flexibility index (Phi) is 6.23. The van der Waals surface area contributed by atoms with E-state index in [4.69, 9.17) is 5.73 Å². The van der Waals surface area contributed by atoms with E-state index in [9.17, 15) is 4.79 Å². The highest BCUT2D eigenvalue weighted by Gasteiger charge is 2.31. The molecule has 0 aromatic rings. The van der Waals surface area contributed by atoms with E-state index in [1.807, 2.05) is 6.92 Å². The minimum atomic E-state index is -0.581. The fraction of sp³-hybridized carbons (Fsp3) is 0.929. The van der Waals surface area contributed by atoms with E-state index in [-0.39, 0.29) is 5.91 Å². The molecule has 19 heavy (non-hydrogen) atoms. The molecule has 2 atom stereocenters. The summed E-state index contributed by atoms with van der Waals surface area (Å²) in [5.74, 6) is -0.247. The van der Waals surface area contributed by atoms with Gasteiger partial charge in [-0.15, -0.1) is 0 Å². The second-order valence-electron chi connectivity index (χ2n) is 6.00. The number of hydrogen-bond donors (Lipinski definition) is 2. The first kappa shape index (κ1) is 16.4. The summed E-state index contributed by atoms with van der Waals surface area (Å²) in [5.41, 5.74) is 4.97. The highest BCUT2D eigenvalue weighted by atomic mass is 16.1. The van der Waals surface area contributed by atoms with E-state index >= 15 is 0 Å². The summed E-state index contributed by atoms with van der Waals surface area (Å²) in [4.78, 5) is 16.5. The van der Waals surface area contributed by atoms with Gasteiger partial charge in [0, 0.05) is 32.2 Å². The molecule has 0 aromatic carbocycles. The number of likely N-dealkylation sites (N-methyl/N-ethyl adjacent to an activating group) is 1. The zero-order valence-corrected chi connectivity index (χ0v) is 12.9. The molecule has 3 N–H and O–H groups in total. The smallest absolute Gasteiger partial charge is 0.237 e. The van der Waals surface area contributed by atoms with Crippen molar-refractivity contribution in [3.05, 3.63) is 0 Å². The number of amides is 1. The Morgan fingerprint density at radius 1 is 1.47 bits per heavy atom. The van der Waals surface area contributed by atoms with Crippen LogP contribution in [0.4, 0.5) is 0 Å². The topological polar surface area (TPSA) is 61.6 Å². The van der Waals surface area contributed by atoms with Crippen LogP contribution >= 0.6 is 0 Å². The van der Waals surface area contributed by atoms with Gasteiger partial charge in [-0.3, -0.25) is 4.79 Å². The Bertz CT molecular complexity index is 297. The number of nitrogens with zero attached hydrogens (tertiary/aromatic N) is 2. The van der Waals surface area contributed by atoms with Crippen LogP contribution in [-0.2, 0) is 4.79 Å². The monoisotopic (exact) mass is 270 g/mol. The van der Waals surface area contributed by atoms with Gasteiger partial charge in [0.25, 0.3) is 0 Å². The van der Waals surface area contributed by atoms with Crippen molar-refractivity contribution in [1.82, 2.24) is 15.1 Å². The van der Waals surface area contributed by atoms with Crippen LogP contribution in [-0.4, -0.2) is 67.1 Å². The van der Waals surface area contributed by atoms with Gasteiger partial charge in [0.2, 0.25) is 5.91 Å². The first-order valence-electron chi connectivity index (χ1n) is 7.36. The van der Waals surface area contributed by atoms with Crippen molar-refractivity contribution in [3.63, 3.8) is 0 Å². The van der Waals surface area contributed by atoms with Crippen LogP contribution in [0.25, 0.3) is 0 Å². The molecule has 0 spiro atoms. The summed E-state index contributed by atoms with van der Waals surface area (Å²) >= 11 is 0. The van der Waals surface area contributed by atoms with E-state index in [2.05, 4.69) is 36.0 Å². The number of primary amides is 1. The van der Waals surface area contributed by atoms with Gasteiger partial charge in [-0.05, 0) is 40.3 Å². The van der Waals surface area contributed by atoms with Crippen molar-refractivity contribution < 1.29 is 4.79 Å². The third-order valence-corrected chi connectivity index (χ3v) is 4.28. The first-order chi connectivity index (χ1) is 8.89. The van der Waals surface area contributed by atoms with Crippen LogP contribution in [0, 0.1) is 0 Å². The third-order valence-electron chi connectivity index (χ3n) is 4.28. The number of hydrogen-bond acceptors (Lipinski definition) is 4. The summed E-state index contributed by atoms with van der Waals surface area (Å²) in [6.07, 6.45) is 1.78. The largest absolute Gasteiger partial charge is 0.368 e. The Morgan fingerprint density at radius 3 is 2.68 bits per heavy atom. The molecule has 1 saturated heterocycles. The summed E-state index contributed by atoms with van der Waals surface area (Å²) in [5, 5.41) is 3.29. The predicted molar refractivity (Wildman–Crippen MR) is 79.0 cm³/mol. The molecule has 112 valence electrons. The quantitative estimate of drug-likeness (QED) is 0.696. The zero-order chi connectivity index (χ0) is 14.5. The van der Waals surface area contributed by atoms with Crippen molar-refractivity contribution in [2.75, 3.05) is 39.8 Å². The lowest BCUT2D eigenvalue weighted by molar-refractivity contribution is -0.124. The fourth-order valence-electron chi connectivity index (χ4n) is 2.41. The molecule has 0 saturated carbocycles. The zero-order valence-electron chi connectivity index (χ0n) is 12.9. The number of nitrogens with one attached hydrogen (secondary N) is 1. The van der Waals surface area contributed by atoms with E-state index in [1.54, 1.807) is 0 Å². The molecule has 1 heterocycles. The SMILES string of the molecule is CCCNC(C)(CCN1CCN(C)C(C)C1)C(N)=O. The van der Waals surface area contributed by atoms with Crippen molar-refractivity contribution in [1.29, 1.82) is 0 Å².